The van der Waals surface area contributed by atoms with E-state index in [-0.39, 0.29) is 27.8 Å². The van der Waals surface area contributed by atoms with Crippen LogP contribution in [0.15, 0.2) is 181 Å². The standard InChI is InChI=1S/C52H54O2Si2/c1-38(49-45-34-22-20-24-39(45)36-47(49)53-55(51(2,3)4,41-26-12-8-13-27-41)42-28-14-9-15-29-42)50-46-35-23-21-25-40(46)37-48(50)54-56(52(5,6)7,43-30-16-10-17-31-43)44-32-18-11-19-33-44/h8-38,49-50H,1-7H3. The summed E-state index contributed by atoms with van der Waals surface area (Å²) in [5.41, 5.74) is 5.12. The predicted molar refractivity (Wildman–Crippen MR) is 241 cm³/mol. The van der Waals surface area contributed by atoms with Crippen molar-refractivity contribution in [2.24, 2.45) is 5.92 Å². The van der Waals surface area contributed by atoms with Crippen LogP contribution in [0.2, 0.25) is 10.1 Å². The molecule has 2 aliphatic rings. The Kier molecular flexibility index (Phi) is 9.93. The molecule has 0 fully saturated rings. The van der Waals surface area contributed by atoms with Crippen molar-refractivity contribution in [3.05, 3.63) is 204 Å². The van der Waals surface area contributed by atoms with E-state index in [0.29, 0.717) is 0 Å². The van der Waals surface area contributed by atoms with E-state index >= 15 is 0 Å². The first-order chi connectivity index (χ1) is 27.0. The van der Waals surface area contributed by atoms with Crippen molar-refractivity contribution in [2.75, 3.05) is 0 Å². The van der Waals surface area contributed by atoms with Crippen LogP contribution in [-0.2, 0) is 8.85 Å². The summed E-state index contributed by atoms with van der Waals surface area (Å²) in [5.74, 6) is 2.24. The van der Waals surface area contributed by atoms with Gasteiger partial charge in [-0.1, -0.05) is 218 Å². The molecule has 0 aliphatic heterocycles. The minimum atomic E-state index is -2.93. The molecule has 2 nitrogen and oxygen atoms in total. The Balaban J connectivity index is 1.29. The van der Waals surface area contributed by atoms with Gasteiger partial charge in [0.15, 0.2) is 0 Å². The number of rotatable bonds is 10. The molecule has 282 valence electrons. The van der Waals surface area contributed by atoms with Crippen molar-refractivity contribution >= 4 is 49.5 Å². The van der Waals surface area contributed by atoms with Crippen LogP contribution in [0.5, 0.6) is 0 Å². The van der Waals surface area contributed by atoms with Gasteiger partial charge in [-0.3, -0.25) is 0 Å². The highest BCUT2D eigenvalue weighted by molar-refractivity contribution is 7.00. The van der Waals surface area contributed by atoms with E-state index in [1.54, 1.807) is 0 Å². The molecule has 0 heterocycles. The summed E-state index contributed by atoms with van der Waals surface area (Å²) in [6.07, 6.45) is 4.70. The smallest absolute Gasteiger partial charge is 0.319 e. The average Bonchev–Trinajstić information content (AvgIpc) is 3.77. The Bertz CT molecular complexity index is 2110. The molecule has 56 heavy (non-hydrogen) atoms. The van der Waals surface area contributed by atoms with Gasteiger partial charge in [0.05, 0.1) is 11.5 Å². The van der Waals surface area contributed by atoms with E-state index in [1.807, 2.05) is 0 Å². The molecule has 6 aromatic carbocycles. The lowest BCUT2D eigenvalue weighted by atomic mass is 9.77. The fraction of sp³-hybridized carbons (Fsp3) is 0.231. The van der Waals surface area contributed by atoms with Crippen molar-refractivity contribution in [2.45, 2.75) is 70.4 Å². The Morgan fingerprint density at radius 1 is 0.393 bits per heavy atom. The maximum Gasteiger partial charge on any atom is 0.319 e. The summed E-state index contributed by atoms with van der Waals surface area (Å²) in [4.78, 5) is 0. The summed E-state index contributed by atoms with van der Waals surface area (Å²) < 4.78 is 16.0. The van der Waals surface area contributed by atoms with E-state index in [1.165, 1.54) is 43.0 Å². The molecule has 2 aliphatic carbocycles. The van der Waals surface area contributed by atoms with E-state index in [2.05, 4.69) is 230 Å². The molecule has 0 aromatic heterocycles. The Labute approximate surface area is 336 Å². The molecule has 2 unspecified atom stereocenters. The third-order valence-corrected chi connectivity index (χ3v) is 22.2. The van der Waals surface area contributed by atoms with E-state index in [9.17, 15) is 0 Å². The molecular formula is C52H54O2Si2. The molecule has 0 bridgehead atoms. The minimum Gasteiger partial charge on any atom is -0.537 e. The van der Waals surface area contributed by atoms with Crippen LogP contribution in [0.1, 0.15) is 82.6 Å². The second kappa shape index (κ2) is 14.7. The van der Waals surface area contributed by atoms with Crippen LogP contribution < -0.4 is 20.7 Å². The molecule has 0 saturated heterocycles. The summed E-state index contributed by atoms with van der Waals surface area (Å²) in [6.45, 7) is 16.6. The molecule has 0 saturated carbocycles. The normalized spacial score (nSPS) is 17.3. The third-order valence-electron chi connectivity index (χ3n) is 12.3. The first-order valence-electron chi connectivity index (χ1n) is 20.2. The summed E-state index contributed by atoms with van der Waals surface area (Å²) >= 11 is 0. The quantitative estimate of drug-likeness (QED) is 0.129. The summed E-state index contributed by atoms with van der Waals surface area (Å²) in [7, 11) is -5.86. The van der Waals surface area contributed by atoms with Crippen LogP contribution in [-0.4, -0.2) is 16.6 Å². The number of hydrogen-bond acceptors (Lipinski definition) is 2. The molecular weight excluding hydrogens is 713 g/mol. The van der Waals surface area contributed by atoms with Crippen molar-refractivity contribution in [3.8, 4) is 0 Å². The topological polar surface area (TPSA) is 18.5 Å². The van der Waals surface area contributed by atoms with Gasteiger partial charge in [-0.2, -0.15) is 0 Å². The summed E-state index contributed by atoms with van der Waals surface area (Å²) in [6, 6.07) is 62.0. The Morgan fingerprint density at radius 3 is 0.946 bits per heavy atom. The van der Waals surface area contributed by atoms with Gasteiger partial charge in [0, 0.05) is 11.8 Å². The zero-order valence-electron chi connectivity index (χ0n) is 33.9. The highest BCUT2D eigenvalue weighted by atomic mass is 28.4. The predicted octanol–water partition coefficient (Wildman–Crippen LogP) is 11.1. The second-order valence-corrected chi connectivity index (χ2v) is 26.1. The molecule has 0 N–H and O–H groups in total. The molecule has 6 aromatic rings. The zero-order chi connectivity index (χ0) is 39.1. The Morgan fingerprint density at radius 2 is 0.661 bits per heavy atom. The minimum absolute atomic E-state index is 0.00941. The first-order valence-corrected chi connectivity index (χ1v) is 24.0. The number of hydrogen-bond donors (Lipinski definition) is 0. The van der Waals surface area contributed by atoms with Crippen LogP contribution in [0.3, 0.4) is 0 Å². The lowest BCUT2D eigenvalue weighted by Gasteiger charge is -2.46. The molecule has 0 radical (unpaired) electrons. The van der Waals surface area contributed by atoms with Gasteiger partial charge in [0.25, 0.3) is 0 Å². The largest absolute Gasteiger partial charge is 0.537 e. The monoisotopic (exact) mass is 766 g/mol. The Hall–Kier alpha value is -5.17. The van der Waals surface area contributed by atoms with Gasteiger partial charge < -0.3 is 8.85 Å². The maximum absolute atomic E-state index is 7.98. The molecule has 8 rings (SSSR count). The van der Waals surface area contributed by atoms with Crippen molar-refractivity contribution < 1.29 is 8.85 Å². The summed E-state index contributed by atoms with van der Waals surface area (Å²) in [5, 5.41) is 4.78. The van der Waals surface area contributed by atoms with Crippen molar-refractivity contribution in [1.29, 1.82) is 0 Å². The molecule has 2 atom stereocenters. The lowest BCUT2D eigenvalue weighted by Crippen LogP contribution is -2.66. The lowest BCUT2D eigenvalue weighted by molar-refractivity contribution is 0.284. The number of fused-ring (bicyclic) bond motifs is 2. The molecule has 0 amide bonds. The van der Waals surface area contributed by atoms with Crippen LogP contribution in [0.25, 0.3) is 12.2 Å². The number of allylic oxidation sites excluding steroid dienone is 2. The van der Waals surface area contributed by atoms with E-state index < -0.39 is 16.6 Å². The van der Waals surface area contributed by atoms with Crippen molar-refractivity contribution in [3.63, 3.8) is 0 Å². The van der Waals surface area contributed by atoms with Crippen LogP contribution in [0, 0.1) is 5.92 Å². The van der Waals surface area contributed by atoms with Gasteiger partial charge in [-0.05, 0) is 71.1 Å². The first kappa shape index (κ1) is 37.7. The van der Waals surface area contributed by atoms with Gasteiger partial charge in [0.1, 0.15) is 0 Å². The fourth-order valence-corrected chi connectivity index (χ4v) is 18.7. The van der Waals surface area contributed by atoms with E-state index in [0.717, 1.165) is 11.5 Å². The average molecular weight is 767 g/mol. The van der Waals surface area contributed by atoms with Crippen LogP contribution >= 0.6 is 0 Å². The maximum atomic E-state index is 7.98. The molecule has 4 heteroatoms. The van der Waals surface area contributed by atoms with Crippen LogP contribution in [0.4, 0.5) is 0 Å². The second-order valence-electron chi connectivity index (χ2n) is 17.7. The zero-order valence-corrected chi connectivity index (χ0v) is 35.9. The van der Waals surface area contributed by atoms with Gasteiger partial charge in [-0.15, -0.1) is 0 Å². The third kappa shape index (κ3) is 6.33. The van der Waals surface area contributed by atoms with Gasteiger partial charge in [-0.25, -0.2) is 0 Å². The van der Waals surface area contributed by atoms with E-state index in [4.69, 9.17) is 8.85 Å². The fourth-order valence-electron chi connectivity index (χ4n) is 9.76. The highest BCUT2D eigenvalue weighted by Crippen LogP contribution is 2.54. The van der Waals surface area contributed by atoms with Gasteiger partial charge >= 0.3 is 16.6 Å². The SMILES string of the molecule is CC(C1C(O[Si](c2ccccc2)(c2ccccc2)C(C)(C)C)=Cc2ccccc21)C1C(O[Si](c2ccccc2)(c2ccccc2)C(C)(C)C)=Cc2ccccc21. The highest BCUT2D eigenvalue weighted by Gasteiger charge is 2.56. The molecule has 0 spiro atoms. The number of benzene rings is 6. The van der Waals surface area contributed by atoms with Crippen molar-refractivity contribution in [1.82, 2.24) is 0 Å². The van der Waals surface area contributed by atoms with Gasteiger partial charge in [0.2, 0.25) is 0 Å².